The molecular weight excluding hydrogens is 625 g/mol. The van der Waals surface area contributed by atoms with Gasteiger partial charge in [0.25, 0.3) is 0 Å². The lowest BCUT2D eigenvalue weighted by Gasteiger charge is -2.48. The molecule has 5 N–H and O–H groups in total. The third-order valence-corrected chi connectivity index (χ3v) is 8.95. The third-order valence-electron chi connectivity index (χ3n) is 8.95. The molecule has 1 amide bonds. The van der Waals surface area contributed by atoms with Crippen molar-refractivity contribution in [1.82, 2.24) is 0 Å². The summed E-state index contributed by atoms with van der Waals surface area (Å²) in [5.41, 5.74) is 3.95. The van der Waals surface area contributed by atoms with Crippen molar-refractivity contribution in [3.05, 3.63) is 101 Å². The number of β-lactam (4-membered cyclic amide) rings is 1. The maximum Gasteiger partial charge on any atom is 0.317 e. The van der Waals surface area contributed by atoms with Crippen LogP contribution in [0.25, 0.3) is 0 Å². The highest BCUT2D eigenvalue weighted by Gasteiger charge is 2.48. The summed E-state index contributed by atoms with van der Waals surface area (Å²) in [6, 6.07) is 20.3. The number of carboxylic acids is 3. The molecule has 0 spiro atoms. The highest BCUT2D eigenvalue weighted by Crippen LogP contribution is 2.46. The summed E-state index contributed by atoms with van der Waals surface area (Å²) < 4.78 is 13.4. The summed E-state index contributed by atoms with van der Waals surface area (Å²) in [7, 11) is 0. The molecule has 0 aromatic heterocycles. The van der Waals surface area contributed by atoms with Gasteiger partial charge in [0, 0.05) is 5.69 Å². The summed E-state index contributed by atoms with van der Waals surface area (Å²) in [4.78, 5) is 53.0. The average Bonchev–Trinajstić information content (AvgIpc) is 3.06. The summed E-state index contributed by atoms with van der Waals surface area (Å²) in [6.45, 7) is -0.286. The number of anilines is 1. The van der Waals surface area contributed by atoms with Gasteiger partial charge in [-0.2, -0.15) is 0 Å². The van der Waals surface area contributed by atoms with E-state index in [1.54, 1.807) is 4.90 Å². The lowest BCUT2D eigenvalue weighted by atomic mass is 9.78. The van der Waals surface area contributed by atoms with Crippen LogP contribution in [0.3, 0.4) is 0 Å². The molecule has 1 fully saturated rings. The fourth-order valence-corrected chi connectivity index (χ4v) is 6.18. The van der Waals surface area contributed by atoms with E-state index in [-0.39, 0.29) is 31.4 Å². The van der Waals surface area contributed by atoms with E-state index in [0.29, 0.717) is 49.8 Å². The first-order chi connectivity index (χ1) is 23.0. The Labute approximate surface area is 277 Å². The number of carbonyl (C=O) groups is 4. The van der Waals surface area contributed by atoms with E-state index in [9.17, 15) is 33.8 Å². The first-order valence-electron chi connectivity index (χ1n) is 15.9. The lowest BCUT2D eigenvalue weighted by molar-refractivity contribution is -0.251. The SMILES string of the molecule is O=C(O)C(CCCc1ccc(N2C(=O)[C@H](CC[C@H](O)c3ccc(F)cc3)[C@H]2c2ccc(CCCC(C(=O)O)C(=O)O)cc2)cc1)COO. The van der Waals surface area contributed by atoms with Crippen LogP contribution in [0.4, 0.5) is 10.1 Å². The zero-order valence-corrected chi connectivity index (χ0v) is 26.3. The molecule has 1 aliphatic heterocycles. The highest BCUT2D eigenvalue weighted by atomic mass is 19.1. The van der Waals surface area contributed by atoms with Crippen molar-refractivity contribution in [2.24, 2.45) is 17.8 Å². The maximum absolute atomic E-state index is 13.6. The standard InChI is InChI=1S/C36H40FNO10/c37-27-15-13-24(14-16-27)31(39)20-19-29-32(25-11-7-22(8-12-25)4-2-6-30(35(43)44)36(45)46)38(33(29)40)28-17-9-23(10-18-28)3-1-5-26(21-48-47)34(41)42/h7-18,26,29-32,39,47H,1-6,19-21H2,(H,41,42)(H,43,44)(H,45,46)/t26?,29-,31+,32-/m1/s1. The van der Waals surface area contributed by atoms with Crippen LogP contribution >= 0.6 is 0 Å². The smallest absolute Gasteiger partial charge is 0.317 e. The topological polar surface area (TPSA) is 182 Å². The van der Waals surface area contributed by atoms with Crippen molar-refractivity contribution >= 4 is 29.5 Å². The Balaban J connectivity index is 1.47. The van der Waals surface area contributed by atoms with Crippen molar-refractivity contribution in [2.45, 2.75) is 63.5 Å². The van der Waals surface area contributed by atoms with E-state index < -0.39 is 47.6 Å². The average molecular weight is 666 g/mol. The number of hydrogen-bond donors (Lipinski definition) is 5. The van der Waals surface area contributed by atoms with Gasteiger partial charge in [0.15, 0.2) is 5.92 Å². The number of aliphatic hydroxyl groups is 1. The Hall–Kier alpha value is -4.65. The molecule has 48 heavy (non-hydrogen) atoms. The van der Waals surface area contributed by atoms with Crippen LogP contribution in [0.1, 0.15) is 72.9 Å². The summed E-state index contributed by atoms with van der Waals surface area (Å²) >= 11 is 0. The molecule has 0 bridgehead atoms. The second kappa shape index (κ2) is 17.0. The quantitative estimate of drug-likeness (QED) is 0.0463. The van der Waals surface area contributed by atoms with Crippen LogP contribution in [0.15, 0.2) is 72.8 Å². The molecule has 11 nitrogen and oxygen atoms in total. The minimum Gasteiger partial charge on any atom is -0.481 e. The summed E-state index contributed by atoms with van der Waals surface area (Å²) in [6.07, 6.45) is 2.14. The predicted molar refractivity (Wildman–Crippen MR) is 172 cm³/mol. The molecule has 3 aromatic carbocycles. The molecule has 1 aliphatic rings. The van der Waals surface area contributed by atoms with E-state index in [4.69, 9.17) is 15.5 Å². The van der Waals surface area contributed by atoms with Crippen LogP contribution in [0.2, 0.25) is 0 Å². The fraction of sp³-hybridized carbons (Fsp3) is 0.389. The van der Waals surface area contributed by atoms with Crippen LogP contribution in [0, 0.1) is 23.6 Å². The Bertz CT molecular complexity index is 1530. The van der Waals surface area contributed by atoms with Gasteiger partial charge in [0.05, 0.1) is 30.6 Å². The van der Waals surface area contributed by atoms with Crippen LogP contribution in [-0.4, -0.2) is 56.1 Å². The van der Waals surface area contributed by atoms with E-state index >= 15 is 0 Å². The number of aliphatic carboxylic acids is 3. The van der Waals surface area contributed by atoms with Crippen LogP contribution in [-0.2, 0) is 36.9 Å². The van der Waals surface area contributed by atoms with Crippen molar-refractivity contribution in [2.75, 3.05) is 11.5 Å². The molecule has 3 aromatic rings. The monoisotopic (exact) mass is 665 g/mol. The second-order valence-electron chi connectivity index (χ2n) is 12.2. The molecule has 256 valence electrons. The Morgan fingerprint density at radius 3 is 1.88 bits per heavy atom. The van der Waals surface area contributed by atoms with Crippen molar-refractivity contribution in [1.29, 1.82) is 0 Å². The van der Waals surface area contributed by atoms with E-state index in [2.05, 4.69) is 4.89 Å². The van der Waals surface area contributed by atoms with Gasteiger partial charge in [-0.05, 0) is 97.9 Å². The molecule has 1 saturated heterocycles. The van der Waals surface area contributed by atoms with Gasteiger partial charge in [-0.1, -0.05) is 48.5 Å². The van der Waals surface area contributed by atoms with Crippen molar-refractivity contribution < 1.29 is 54.1 Å². The minimum absolute atomic E-state index is 0.00297. The fourth-order valence-electron chi connectivity index (χ4n) is 6.18. The molecule has 0 radical (unpaired) electrons. The number of rotatable bonds is 19. The van der Waals surface area contributed by atoms with Gasteiger partial charge in [0.1, 0.15) is 5.82 Å². The van der Waals surface area contributed by atoms with Gasteiger partial charge >= 0.3 is 17.9 Å². The number of carbonyl (C=O) groups excluding carboxylic acids is 1. The van der Waals surface area contributed by atoms with Gasteiger partial charge in [0.2, 0.25) is 5.91 Å². The van der Waals surface area contributed by atoms with Gasteiger partial charge in [-0.25, -0.2) is 9.28 Å². The maximum atomic E-state index is 13.6. The number of aliphatic hydroxyl groups excluding tert-OH is 1. The predicted octanol–water partition coefficient (Wildman–Crippen LogP) is 5.66. The summed E-state index contributed by atoms with van der Waals surface area (Å²) in [5.74, 6) is -6.99. The van der Waals surface area contributed by atoms with Gasteiger partial charge < -0.3 is 25.3 Å². The molecule has 1 heterocycles. The van der Waals surface area contributed by atoms with Crippen molar-refractivity contribution in [3.63, 3.8) is 0 Å². The molecule has 1 unspecified atom stereocenters. The number of aryl methyl sites for hydroxylation is 2. The van der Waals surface area contributed by atoms with Crippen LogP contribution < -0.4 is 4.90 Å². The first-order valence-corrected chi connectivity index (χ1v) is 15.9. The summed E-state index contributed by atoms with van der Waals surface area (Å²) in [5, 5.41) is 46.9. The molecule has 4 rings (SSSR count). The zero-order valence-electron chi connectivity index (χ0n) is 26.3. The molecular formula is C36H40FNO10. The molecule has 0 aliphatic carbocycles. The zero-order chi connectivity index (χ0) is 34.8. The van der Waals surface area contributed by atoms with Gasteiger partial charge in [-0.15, -0.1) is 0 Å². The van der Waals surface area contributed by atoms with E-state index in [1.165, 1.54) is 24.3 Å². The van der Waals surface area contributed by atoms with Crippen LogP contribution in [0.5, 0.6) is 0 Å². The molecule has 0 saturated carbocycles. The number of hydrogen-bond acceptors (Lipinski definition) is 7. The lowest BCUT2D eigenvalue weighted by Crippen LogP contribution is -2.55. The minimum atomic E-state index is -1.46. The van der Waals surface area contributed by atoms with Gasteiger partial charge in [-0.3, -0.25) is 24.4 Å². The largest absolute Gasteiger partial charge is 0.481 e. The highest BCUT2D eigenvalue weighted by molar-refractivity contribution is 6.03. The van der Waals surface area contributed by atoms with E-state index in [0.717, 1.165) is 16.7 Å². The number of amides is 1. The van der Waals surface area contributed by atoms with E-state index in [1.807, 2.05) is 48.5 Å². The third kappa shape index (κ3) is 9.24. The first kappa shape index (κ1) is 36.2. The number of halogens is 1. The number of benzene rings is 3. The number of nitrogens with zero attached hydrogens (tertiary/aromatic N) is 1. The molecule has 4 atom stereocenters. The number of carboxylic acid groups (broad SMARTS) is 3. The Morgan fingerprint density at radius 2 is 1.33 bits per heavy atom. The second-order valence-corrected chi connectivity index (χ2v) is 12.2. The Kier molecular flexibility index (Phi) is 12.8. The Morgan fingerprint density at radius 1 is 0.771 bits per heavy atom. The van der Waals surface area contributed by atoms with Crippen molar-refractivity contribution in [3.8, 4) is 0 Å². The normalized spacial score (nSPS) is 17.2. The molecule has 12 heteroatoms.